The van der Waals surface area contributed by atoms with Crippen molar-refractivity contribution in [1.82, 2.24) is 0 Å². The quantitative estimate of drug-likeness (QED) is 0.717. The lowest BCUT2D eigenvalue weighted by atomic mass is 10.0. The summed E-state index contributed by atoms with van der Waals surface area (Å²) in [6.07, 6.45) is 3.64. The first kappa shape index (κ1) is 11.1. The van der Waals surface area contributed by atoms with Gasteiger partial charge in [0, 0.05) is 18.2 Å². The van der Waals surface area contributed by atoms with Crippen LogP contribution >= 0.6 is 0 Å². The number of para-hydroxylation sites is 1. The van der Waals surface area contributed by atoms with Crippen LogP contribution < -0.4 is 4.90 Å². The van der Waals surface area contributed by atoms with E-state index in [2.05, 4.69) is 27.3 Å². The first-order valence-corrected chi connectivity index (χ1v) is 6.60. The summed E-state index contributed by atoms with van der Waals surface area (Å²) in [4.78, 5) is 2.10. The van der Waals surface area contributed by atoms with E-state index in [1.54, 1.807) is 0 Å². The molecule has 4 rings (SSSR count). The molecule has 1 spiro atoms. The zero-order chi connectivity index (χ0) is 12.7. The van der Waals surface area contributed by atoms with Crippen LogP contribution in [0.25, 0.3) is 0 Å². The van der Waals surface area contributed by atoms with E-state index in [1.165, 1.54) is 5.56 Å². The van der Waals surface area contributed by atoms with E-state index in [0.29, 0.717) is 6.67 Å². The molecule has 1 aromatic rings. The van der Waals surface area contributed by atoms with Crippen molar-refractivity contribution in [1.29, 1.82) is 0 Å². The molecule has 0 aliphatic carbocycles. The van der Waals surface area contributed by atoms with E-state index >= 15 is 0 Å². The Hall–Kier alpha value is -1.72. The smallest absolute Gasteiger partial charge is 0.195 e. The molecular weight excluding hydrogens is 242 g/mol. The van der Waals surface area contributed by atoms with Crippen LogP contribution in [0.1, 0.15) is 12.0 Å². The van der Waals surface area contributed by atoms with Gasteiger partial charge >= 0.3 is 0 Å². The molecule has 98 valence electrons. The highest BCUT2D eigenvalue weighted by Gasteiger charge is 2.38. The molecular formula is C14H15N3O2. The van der Waals surface area contributed by atoms with Gasteiger partial charge in [-0.2, -0.15) is 5.11 Å². The third-order valence-corrected chi connectivity index (χ3v) is 3.70. The average Bonchev–Trinajstić information content (AvgIpc) is 2.83. The maximum absolute atomic E-state index is 5.92. The van der Waals surface area contributed by atoms with Crippen molar-refractivity contribution in [2.75, 3.05) is 24.8 Å². The van der Waals surface area contributed by atoms with Crippen LogP contribution in [-0.2, 0) is 15.9 Å². The van der Waals surface area contributed by atoms with Gasteiger partial charge in [-0.25, -0.2) is 0 Å². The fourth-order valence-corrected chi connectivity index (χ4v) is 2.81. The number of nitrogens with zero attached hydrogens (tertiary/aromatic N) is 3. The highest BCUT2D eigenvalue weighted by Crippen LogP contribution is 2.38. The standard InChI is InChI=1S/C14H15N3O2/c1-2-5-12-11(4-1)8-14(18-6-3-7-19-14)9-13-16-15-10-17(12)13/h1-2,4-5,9H,3,6-8,10H2. The first-order chi connectivity index (χ1) is 9.36. The molecule has 5 heteroatoms. The van der Waals surface area contributed by atoms with Crippen molar-refractivity contribution in [2.24, 2.45) is 10.2 Å². The van der Waals surface area contributed by atoms with Gasteiger partial charge in [-0.05, 0) is 18.1 Å². The van der Waals surface area contributed by atoms with Gasteiger partial charge in [0.25, 0.3) is 0 Å². The van der Waals surface area contributed by atoms with Crippen LogP contribution in [0.2, 0.25) is 0 Å². The molecule has 1 aromatic carbocycles. The second-order valence-corrected chi connectivity index (χ2v) is 4.98. The number of ether oxygens (including phenoxy) is 2. The molecule has 0 aromatic heterocycles. The molecule has 0 unspecified atom stereocenters. The van der Waals surface area contributed by atoms with Gasteiger partial charge in [0.1, 0.15) is 6.67 Å². The Bertz CT molecular complexity index is 562. The lowest BCUT2D eigenvalue weighted by Gasteiger charge is -2.34. The van der Waals surface area contributed by atoms with Crippen molar-refractivity contribution in [2.45, 2.75) is 18.6 Å². The number of azo groups is 1. The van der Waals surface area contributed by atoms with Gasteiger partial charge < -0.3 is 14.4 Å². The van der Waals surface area contributed by atoms with Gasteiger partial charge in [0.05, 0.1) is 13.2 Å². The summed E-state index contributed by atoms with van der Waals surface area (Å²) in [5.41, 5.74) is 2.36. The summed E-state index contributed by atoms with van der Waals surface area (Å²) in [5.74, 6) is 0.147. The fraction of sp³-hybridized carbons (Fsp3) is 0.429. The Morgan fingerprint density at radius 1 is 1.16 bits per heavy atom. The van der Waals surface area contributed by atoms with E-state index in [9.17, 15) is 0 Å². The molecule has 0 amide bonds. The van der Waals surface area contributed by atoms with Gasteiger partial charge in [0.2, 0.25) is 0 Å². The zero-order valence-electron chi connectivity index (χ0n) is 10.6. The number of hydrogen-bond acceptors (Lipinski definition) is 5. The average molecular weight is 257 g/mol. The molecule has 1 fully saturated rings. The lowest BCUT2D eigenvalue weighted by molar-refractivity contribution is -0.235. The lowest BCUT2D eigenvalue weighted by Crippen LogP contribution is -2.40. The fourth-order valence-electron chi connectivity index (χ4n) is 2.81. The summed E-state index contributed by atoms with van der Waals surface area (Å²) in [6, 6.07) is 8.30. The van der Waals surface area contributed by atoms with E-state index in [1.807, 2.05) is 18.2 Å². The van der Waals surface area contributed by atoms with E-state index in [-0.39, 0.29) is 0 Å². The van der Waals surface area contributed by atoms with E-state index in [0.717, 1.165) is 37.6 Å². The molecule has 0 N–H and O–H groups in total. The maximum Gasteiger partial charge on any atom is 0.195 e. The molecule has 3 aliphatic rings. The molecule has 3 aliphatic heterocycles. The van der Waals surface area contributed by atoms with Crippen molar-refractivity contribution in [3.63, 3.8) is 0 Å². The molecule has 1 saturated heterocycles. The van der Waals surface area contributed by atoms with Crippen molar-refractivity contribution in [3.05, 3.63) is 41.7 Å². The van der Waals surface area contributed by atoms with E-state index < -0.39 is 5.79 Å². The van der Waals surface area contributed by atoms with Crippen LogP contribution in [-0.4, -0.2) is 25.7 Å². The first-order valence-electron chi connectivity index (χ1n) is 6.60. The Labute approximate surface area is 111 Å². The highest BCUT2D eigenvalue weighted by molar-refractivity contribution is 5.60. The molecule has 0 bridgehead atoms. The van der Waals surface area contributed by atoms with Gasteiger partial charge in [0.15, 0.2) is 11.6 Å². The van der Waals surface area contributed by atoms with Crippen molar-refractivity contribution in [3.8, 4) is 0 Å². The number of benzene rings is 1. The normalized spacial score (nSPS) is 23.8. The Kier molecular flexibility index (Phi) is 2.43. The number of fused-ring (bicyclic) bond motifs is 3. The topological polar surface area (TPSA) is 46.4 Å². The van der Waals surface area contributed by atoms with Crippen LogP contribution in [0.4, 0.5) is 5.69 Å². The molecule has 0 atom stereocenters. The summed E-state index contributed by atoms with van der Waals surface area (Å²) in [5, 5.41) is 8.34. The number of hydrogen-bond donors (Lipinski definition) is 0. The third-order valence-electron chi connectivity index (χ3n) is 3.70. The summed E-state index contributed by atoms with van der Waals surface area (Å²) in [6.45, 7) is 2.02. The van der Waals surface area contributed by atoms with Gasteiger partial charge in [-0.3, -0.25) is 0 Å². The predicted molar refractivity (Wildman–Crippen MR) is 69.7 cm³/mol. The molecule has 5 nitrogen and oxygen atoms in total. The third kappa shape index (κ3) is 1.77. The monoisotopic (exact) mass is 257 g/mol. The van der Waals surface area contributed by atoms with Gasteiger partial charge in [-0.15, -0.1) is 5.11 Å². The Morgan fingerprint density at radius 2 is 2.00 bits per heavy atom. The van der Waals surface area contributed by atoms with Crippen LogP contribution in [0.15, 0.2) is 46.4 Å². The van der Waals surface area contributed by atoms with Crippen LogP contribution in [0.5, 0.6) is 0 Å². The summed E-state index contributed by atoms with van der Waals surface area (Å²) < 4.78 is 11.8. The van der Waals surface area contributed by atoms with E-state index in [4.69, 9.17) is 9.47 Å². The number of rotatable bonds is 0. The maximum atomic E-state index is 5.92. The molecule has 0 saturated carbocycles. The molecule has 0 radical (unpaired) electrons. The predicted octanol–water partition coefficient (Wildman–Crippen LogP) is 2.45. The van der Waals surface area contributed by atoms with Crippen LogP contribution in [0.3, 0.4) is 0 Å². The highest BCUT2D eigenvalue weighted by atomic mass is 16.7. The molecule has 19 heavy (non-hydrogen) atoms. The summed E-state index contributed by atoms with van der Waals surface area (Å²) in [7, 11) is 0. The minimum Gasteiger partial charge on any atom is -0.346 e. The zero-order valence-corrected chi connectivity index (χ0v) is 10.6. The minimum atomic E-state index is -0.679. The van der Waals surface area contributed by atoms with Crippen LogP contribution in [0, 0.1) is 0 Å². The summed E-state index contributed by atoms with van der Waals surface area (Å²) >= 11 is 0. The van der Waals surface area contributed by atoms with Crippen molar-refractivity contribution < 1.29 is 9.47 Å². The van der Waals surface area contributed by atoms with Crippen molar-refractivity contribution >= 4 is 5.69 Å². The second kappa shape index (κ2) is 4.15. The minimum absolute atomic E-state index is 0.568. The largest absolute Gasteiger partial charge is 0.346 e. The number of anilines is 1. The molecule has 3 heterocycles. The SMILES string of the molecule is C1=C2N=NCN2c2ccccc2CC12OCCCO2. The Morgan fingerprint density at radius 3 is 2.89 bits per heavy atom. The second-order valence-electron chi connectivity index (χ2n) is 4.98. The van der Waals surface area contributed by atoms with Gasteiger partial charge in [-0.1, -0.05) is 18.2 Å². The Balaban J connectivity index is 1.84.